The van der Waals surface area contributed by atoms with Crippen molar-refractivity contribution in [3.8, 4) is 0 Å². The third kappa shape index (κ3) is 2.87. The standard InChI is InChI=1S/C13H21N3O/c1-9(2)10-5-3-4-6-11(10)16-12-13(17)15-8-7-14-12/h7-11H,3-6H2,1-2H3,(H,14,16)(H,15,17). The predicted molar refractivity (Wildman–Crippen MR) is 69.1 cm³/mol. The molecule has 0 aromatic carbocycles. The number of nitrogens with zero attached hydrogens (tertiary/aromatic N) is 1. The Hall–Kier alpha value is -1.32. The maximum absolute atomic E-state index is 11.6. The fraction of sp³-hybridized carbons (Fsp3) is 0.692. The molecule has 2 N–H and O–H groups in total. The molecule has 0 bridgehead atoms. The van der Waals surface area contributed by atoms with Gasteiger partial charge in [0.1, 0.15) is 0 Å². The number of hydrogen-bond donors (Lipinski definition) is 2. The van der Waals surface area contributed by atoms with Crippen molar-refractivity contribution in [3.05, 3.63) is 22.7 Å². The molecule has 2 rings (SSSR count). The third-order valence-corrected chi connectivity index (χ3v) is 3.71. The van der Waals surface area contributed by atoms with Crippen molar-refractivity contribution in [1.29, 1.82) is 0 Å². The Morgan fingerprint density at radius 2 is 2.18 bits per heavy atom. The fourth-order valence-corrected chi connectivity index (χ4v) is 2.77. The Balaban J connectivity index is 2.11. The molecule has 4 nitrogen and oxygen atoms in total. The van der Waals surface area contributed by atoms with Crippen LogP contribution in [0, 0.1) is 11.8 Å². The molecule has 1 aliphatic carbocycles. The van der Waals surface area contributed by atoms with Crippen molar-refractivity contribution in [2.24, 2.45) is 11.8 Å². The number of H-pyrrole nitrogens is 1. The van der Waals surface area contributed by atoms with Crippen molar-refractivity contribution in [1.82, 2.24) is 9.97 Å². The van der Waals surface area contributed by atoms with Crippen LogP contribution in [-0.4, -0.2) is 16.0 Å². The molecule has 0 saturated heterocycles. The quantitative estimate of drug-likeness (QED) is 0.845. The minimum absolute atomic E-state index is 0.124. The van der Waals surface area contributed by atoms with Crippen LogP contribution in [0.25, 0.3) is 0 Å². The Morgan fingerprint density at radius 1 is 1.41 bits per heavy atom. The van der Waals surface area contributed by atoms with Crippen LogP contribution in [0.2, 0.25) is 0 Å². The molecule has 0 radical (unpaired) electrons. The Kier molecular flexibility index (Phi) is 3.82. The second-order valence-corrected chi connectivity index (χ2v) is 5.21. The summed E-state index contributed by atoms with van der Waals surface area (Å²) in [5, 5.41) is 3.33. The molecule has 1 aliphatic rings. The summed E-state index contributed by atoms with van der Waals surface area (Å²) in [6.45, 7) is 4.51. The summed E-state index contributed by atoms with van der Waals surface area (Å²) in [5.41, 5.74) is -0.124. The molecule has 0 amide bonds. The molecule has 2 atom stereocenters. The topological polar surface area (TPSA) is 57.8 Å². The molecule has 1 aromatic rings. The average molecular weight is 235 g/mol. The summed E-state index contributed by atoms with van der Waals surface area (Å²) < 4.78 is 0. The van der Waals surface area contributed by atoms with Gasteiger partial charge in [-0.05, 0) is 24.7 Å². The molecule has 0 spiro atoms. The van der Waals surface area contributed by atoms with Crippen molar-refractivity contribution < 1.29 is 0 Å². The highest BCUT2D eigenvalue weighted by Crippen LogP contribution is 2.31. The number of nitrogens with one attached hydrogen (secondary N) is 2. The van der Waals surface area contributed by atoms with Gasteiger partial charge in [0.2, 0.25) is 0 Å². The number of rotatable bonds is 3. The van der Waals surface area contributed by atoms with E-state index in [1.807, 2.05) is 0 Å². The highest BCUT2D eigenvalue weighted by atomic mass is 16.1. The monoisotopic (exact) mass is 235 g/mol. The van der Waals surface area contributed by atoms with Crippen molar-refractivity contribution in [2.45, 2.75) is 45.6 Å². The van der Waals surface area contributed by atoms with Crippen LogP contribution < -0.4 is 10.9 Å². The molecule has 1 saturated carbocycles. The molecular formula is C13H21N3O. The summed E-state index contributed by atoms with van der Waals surface area (Å²) >= 11 is 0. The minimum Gasteiger partial charge on any atom is -0.362 e. The molecule has 4 heteroatoms. The van der Waals surface area contributed by atoms with Crippen LogP contribution in [0.3, 0.4) is 0 Å². The number of anilines is 1. The number of hydrogen-bond acceptors (Lipinski definition) is 3. The molecule has 0 aliphatic heterocycles. The van der Waals surface area contributed by atoms with E-state index in [1.165, 1.54) is 19.3 Å². The molecule has 1 heterocycles. The molecule has 94 valence electrons. The average Bonchev–Trinajstić information content (AvgIpc) is 2.32. The summed E-state index contributed by atoms with van der Waals surface area (Å²) in [7, 11) is 0. The van der Waals surface area contributed by atoms with E-state index in [4.69, 9.17) is 0 Å². The van der Waals surface area contributed by atoms with Gasteiger partial charge in [-0.1, -0.05) is 26.7 Å². The van der Waals surface area contributed by atoms with Gasteiger partial charge in [0.25, 0.3) is 5.56 Å². The normalized spacial score (nSPS) is 24.9. The molecule has 1 fully saturated rings. The van der Waals surface area contributed by atoms with E-state index in [0.717, 1.165) is 6.42 Å². The molecule has 1 aromatic heterocycles. The highest BCUT2D eigenvalue weighted by Gasteiger charge is 2.27. The van der Waals surface area contributed by atoms with E-state index in [9.17, 15) is 4.79 Å². The van der Waals surface area contributed by atoms with Gasteiger partial charge in [-0.15, -0.1) is 0 Å². The fourth-order valence-electron chi connectivity index (χ4n) is 2.77. The van der Waals surface area contributed by atoms with Crippen molar-refractivity contribution in [2.75, 3.05) is 5.32 Å². The first-order valence-electron chi connectivity index (χ1n) is 6.48. The van der Waals surface area contributed by atoms with Gasteiger partial charge in [-0.25, -0.2) is 4.98 Å². The third-order valence-electron chi connectivity index (χ3n) is 3.71. The highest BCUT2D eigenvalue weighted by molar-refractivity contribution is 5.32. The lowest BCUT2D eigenvalue weighted by atomic mass is 9.78. The van der Waals surface area contributed by atoms with Crippen LogP contribution >= 0.6 is 0 Å². The summed E-state index contributed by atoms with van der Waals surface area (Å²) in [6, 6.07) is 0.389. The maximum atomic E-state index is 11.6. The number of aromatic amines is 1. The van der Waals surface area contributed by atoms with Crippen LogP contribution in [0.5, 0.6) is 0 Å². The molecule has 2 unspecified atom stereocenters. The Labute approximate surface area is 102 Å². The first-order valence-corrected chi connectivity index (χ1v) is 6.48. The maximum Gasteiger partial charge on any atom is 0.290 e. The van der Waals surface area contributed by atoms with E-state index < -0.39 is 0 Å². The van der Waals surface area contributed by atoms with E-state index in [2.05, 4.69) is 29.1 Å². The summed E-state index contributed by atoms with van der Waals surface area (Å²) in [6.07, 6.45) is 8.12. The van der Waals surface area contributed by atoms with Gasteiger partial charge in [-0.2, -0.15) is 0 Å². The van der Waals surface area contributed by atoms with Gasteiger partial charge in [-0.3, -0.25) is 4.79 Å². The van der Waals surface area contributed by atoms with Crippen LogP contribution in [0.4, 0.5) is 5.82 Å². The van der Waals surface area contributed by atoms with Gasteiger partial charge < -0.3 is 10.3 Å². The first kappa shape index (κ1) is 12.1. The van der Waals surface area contributed by atoms with Crippen LogP contribution in [0.15, 0.2) is 17.2 Å². The lowest BCUT2D eigenvalue weighted by Crippen LogP contribution is -2.37. The van der Waals surface area contributed by atoms with Crippen molar-refractivity contribution in [3.63, 3.8) is 0 Å². The van der Waals surface area contributed by atoms with Gasteiger partial charge in [0.15, 0.2) is 5.82 Å². The molecule has 17 heavy (non-hydrogen) atoms. The largest absolute Gasteiger partial charge is 0.362 e. The van der Waals surface area contributed by atoms with Crippen LogP contribution in [-0.2, 0) is 0 Å². The Bertz CT molecular complexity index is 413. The van der Waals surface area contributed by atoms with Gasteiger partial charge >= 0.3 is 0 Å². The summed E-state index contributed by atoms with van der Waals surface area (Å²) in [5.74, 6) is 1.76. The first-order chi connectivity index (χ1) is 8.18. The Morgan fingerprint density at radius 3 is 2.88 bits per heavy atom. The smallest absolute Gasteiger partial charge is 0.290 e. The SMILES string of the molecule is CC(C)C1CCCCC1Nc1ncc[nH]c1=O. The van der Waals surface area contributed by atoms with E-state index in [0.29, 0.717) is 23.7 Å². The van der Waals surface area contributed by atoms with Crippen LogP contribution in [0.1, 0.15) is 39.5 Å². The van der Waals surface area contributed by atoms with E-state index >= 15 is 0 Å². The summed E-state index contributed by atoms with van der Waals surface area (Å²) in [4.78, 5) is 18.4. The van der Waals surface area contributed by atoms with E-state index in [1.54, 1.807) is 12.4 Å². The lowest BCUT2D eigenvalue weighted by Gasteiger charge is -2.34. The lowest BCUT2D eigenvalue weighted by molar-refractivity contribution is 0.253. The zero-order chi connectivity index (χ0) is 12.3. The number of aromatic nitrogens is 2. The predicted octanol–water partition coefficient (Wildman–Crippen LogP) is 2.40. The van der Waals surface area contributed by atoms with E-state index in [-0.39, 0.29) is 5.56 Å². The molecular weight excluding hydrogens is 214 g/mol. The second kappa shape index (κ2) is 5.34. The van der Waals surface area contributed by atoms with Gasteiger partial charge in [0.05, 0.1) is 0 Å². The van der Waals surface area contributed by atoms with Crippen molar-refractivity contribution >= 4 is 5.82 Å². The second-order valence-electron chi connectivity index (χ2n) is 5.21. The zero-order valence-electron chi connectivity index (χ0n) is 10.6. The minimum atomic E-state index is -0.124. The zero-order valence-corrected chi connectivity index (χ0v) is 10.6. The van der Waals surface area contributed by atoms with Gasteiger partial charge in [0, 0.05) is 18.4 Å².